The molecular formula is C14H13FN4O2S2. The van der Waals surface area contributed by atoms with Crippen LogP contribution in [0.5, 0.6) is 0 Å². The standard InChI is InChI=1S/C14H13FN4O2S2/c1-23-13(22)11-3-2-9(6-12(11)15)19-8-10(21-14(19)20)7-18-5-4-16-17-18/h2-6,10H,7-8H2,1H3/t10-/m0/s1. The van der Waals surface area contributed by atoms with Crippen LogP contribution in [0.2, 0.25) is 0 Å². The Labute approximate surface area is 141 Å². The Morgan fingerprint density at radius 1 is 1.57 bits per heavy atom. The first kappa shape index (κ1) is 15.9. The van der Waals surface area contributed by atoms with Crippen LogP contribution in [0.25, 0.3) is 0 Å². The number of benzene rings is 1. The predicted octanol–water partition coefficient (Wildman–Crippen LogP) is 2.48. The highest BCUT2D eigenvalue weighted by molar-refractivity contribution is 8.23. The number of rotatable bonds is 4. The van der Waals surface area contributed by atoms with Gasteiger partial charge in [0.05, 0.1) is 29.2 Å². The van der Waals surface area contributed by atoms with Crippen molar-refractivity contribution in [3.63, 3.8) is 0 Å². The van der Waals surface area contributed by atoms with Crippen LogP contribution < -0.4 is 4.90 Å². The molecule has 0 spiro atoms. The van der Waals surface area contributed by atoms with Crippen molar-refractivity contribution in [3.8, 4) is 0 Å². The first-order valence-corrected chi connectivity index (χ1v) is 8.42. The predicted molar refractivity (Wildman–Crippen MR) is 89.3 cm³/mol. The quantitative estimate of drug-likeness (QED) is 0.788. The SMILES string of the molecule is CSC(=S)c1ccc(N2C[C@H](Cn3ccnn3)OC2=O)cc1F. The molecule has 0 radical (unpaired) electrons. The maximum absolute atomic E-state index is 14.2. The summed E-state index contributed by atoms with van der Waals surface area (Å²) in [6.45, 7) is 0.726. The molecule has 1 saturated heterocycles. The van der Waals surface area contributed by atoms with E-state index in [-0.39, 0.29) is 6.10 Å². The minimum absolute atomic E-state index is 0.324. The van der Waals surface area contributed by atoms with E-state index in [9.17, 15) is 9.18 Å². The lowest BCUT2D eigenvalue weighted by molar-refractivity contribution is 0.129. The number of aromatic nitrogens is 3. The fourth-order valence-electron chi connectivity index (χ4n) is 2.31. The first-order chi connectivity index (χ1) is 11.1. The molecule has 0 N–H and O–H groups in total. The van der Waals surface area contributed by atoms with Crippen molar-refractivity contribution in [3.05, 3.63) is 42.0 Å². The molecule has 2 aromatic rings. The highest BCUT2D eigenvalue weighted by atomic mass is 32.2. The number of thiocarbonyl (C=S) groups is 1. The maximum atomic E-state index is 14.2. The number of cyclic esters (lactones) is 1. The number of ether oxygens (including phenoxy) is 1. The van der Waals surface area contributed by atoms with Gasteiger partial charge in [0.2, 0.25) is 0 Å². The highest BCUT2D eigenvalue weighted by Gasteiger charge is 2.33. The van der Waals surface area contributed by atoms with Crippen molar-refractivity contribution in [2.24, 2.45) is 0 Å². The Morgan fingerprint density at radius 3 is 3.04 bits per heavy atom. The van der Waals surface area contributed by atoms with E-state index in [2.05, 4.69) is 10.3 Å². The van der Waals surface area contributed by atoms with E-state index < -0.39 is 11.9 Å². The second-order valence-corrected chi connectivity index (χ2v) is 6.38. The van der Waals surface area contributed by atoms with E-state index in [0.717, 1.165) is 0 Å². The van der Waals surface area contributed by atoms with Crippen molar-refractivity contribution in [1.29, 1.82) is 0 Å². The molecule has 0 saturated carbocycles. The zero-order valence-electron chi connectivity index (χ0n) is 12.2. The summed E-state index contributed by atoms with van der Waals surface area (Å²) in [7, 11) is 0. The number of thioether (sulfide) groups is 1. The molecule has 1 atom stereocenters. The van der Waals surface area contributed by atoms with Gasteiger partial charge in [-0.2, -0.15) is 0 Å². The third kappa shape index (κ3) is 3.35. The largest absolute Gasteiger partial charge is 0.442 e. The third-order valence-corrected chi connectivity index (χ3v) is 4.72. The molecule has 1 fully saturated rings. The van der Waals surface area contributed by atoms with E-state index in [1.54, 1.807) is 35.5 Å². The van der Waals surface area contributed by atoms with Crippen LogP contribution >= 0.6 is 24.0 Å². The van der Waals surface area contributed by atoms with Crippen LogP contribution in [0.1, 0.15) is 5.56 Å². The molecule has 0 bridgehead atoms. The van der Waals surface area contributed by atoms with Gasteiger partial charge < -0.3 is 4.74 Å². The summed E-state index contributed by atoms with van der Waals surface area (Å²) in [4.78, 5) is 13.4. The van der Waals surface area contributed by atoms with Gasteiger partial charge in [0.1, 0.15) is 11.9 Å². The Morgan fingerprint density at radius 2 is 2.39 bits per heavy atom. The first-order valence-electron chi connectivity index (χ1n) is 6.78. The fourth-order valence-corrected chi connectivity index (χ4v) is 2.86. The number of anilines is 1. The molecule has 1 aromatic heterocycles. The van der Waals surface area contributed by atoms with Crippen molar-refractivity contribution >= 4 is 40.0 Å². The van der Waals surface area contributed by atoms with Gasteiger partial charge in [0, 0.05) is 11.8 Å². The van der Waals surface area contributed by atoms with Crippen LogP contribution in [0.15, 0.2) is 30.6 Å². The number of nitrogens with zero attached hydrogens (tertiary/aromatic N) is 4. The van der Waals surface area contributed by atoms with Gasteiger partial charge in [0.25, 0.3) is 0 Å². The number of carbonyl (C=O) groups is 1. The average molecular weight is 352 g/mol. The number of halogens is 1. The Kier molecular flexibility index (Phi) is 4.58. The van der Waals surface area contributed by atoms with Crippen molar-refractivity contribution in [2.45, 2.75) is 12.6 Å². The normalized spacial score (nSPS) is 17.4. The van der Waals surface area contributed by atoms with Crippen molar-refractivity contribution in [1.82, 2.24) is 15.0 Å². The van der Waals surface area contributed by atoms with Gasteiger partial charge in [-0.3, -0.25) is 4.90 Å². The fraction of sp³-hybridized carbons (Fsp3) is 0.286. The topological polar surface area (TPSA) is 60.3 Å². The Balaban J connectivity index is 1.75. The Bertz CT molecular complexity index is 738. The van der Waals surface area contributed by atoms with Crippen LogP contribution in [-0.2, 0) is 11.3 Å². The average Bonchev–Trinajstić information content (AvgIpc) is 3.16. The van der Waals surface area contributed by atoms with E-state index in [1.165, 1.54) is 22.7 Å². The van der Waals surface area contributed by atoms with Crippen LogP contribution in [0.4, 0.5) is 14.9 Å². The van der Waals surface area contributed by atoms with Gasteiger partial charge in [-0.05, 0) is 24.5 Å². The number of amides is 1. The molecule has 0 unspecified atom stereocenters. The minimum atomic E-state index is -0.505. The summed E-state index contributed by atoms with van der Waals surface area (Å²) in [5, 5.41) is 7.54. The summed E-state index contributed by atoms with van der Waals surface area (Å²) in [6, 6.07) is 4.55. The molecule has 9 heteroatoms. The lowest BCUT2D eigenvalue weighted by Crippen LogP contribution is -2.26. The zero-order chi connectivity index (χ0) is 16.4. The van der Waals surface area contributed by atoms with Crippen LogP contribution in [-0.4, -0.2) is 44.2 Å². The highest BCUT2D eigenvalue weighted by Crippen LogP contribution is 2.26. The lowest BCUT2D eigenvalue weighted by Gasteiger charge is -2.14. The van der Waals surface area contributed by atoms with E-state index in [4.69, 9.17) is 17.0 Å². The van der Waals surface area contributed by atoms with Crippen molar-refractivity contribution < 1.29 is 13.9 Å². The molecule has 120 valence electrons. The molecule has 1 aliphatic heterocycles. The van der Waals surface area contributed by atoms with Crippen LogP contribution in [0, 0.1) is 5.82 Å². The number of hydrogen-bond acceptors (Lipinski definition) is 6. The molecule has 2 heterocycles. The van der Waals surface area contributed by atoms with Gasteiger partial charge in [-0.25, -0.2) is 13.9 Å². The molecule has 1 aromatic carbocycles. The lowest BCUT2D eigenvalue weighted by atomic mass is 10.2. The molecule has 3 rings (SSSR count). The molecule has 0 aliphatic carbocycles. The molecule has 23 heavy (non-hydrogen) atoms. The second-order valence-electron chi connectivity index (χ2n) is 4.90. The van der Waals surface area contributed by atoms with Crippen molar-refractivity contribution in [2.75, 3.05) is 17.7 Å². The van der Waals surface area contributed by atoms with Crippen LogP contribution in [0.3, 0.4) is 0 Å². The third-order valence-electron chi connectivity index (χ3n) is 3.41. The zero-order valence-corrected chi connectivity index (χ0v) is 13.8. The molecule has 1 aliphatic rings. The second kappa shape index (κ2) is 6.63. The maximum Gasteiger partial charge on any atom is 0.414 e. The van der Waals surface area contributed by atoms with E-state index in [0.29, 0.717) is 28.5 Å². The number of hydrogen-bond donors (Lipinski definition) is 0. The Hall–Kier alpha value is -2.00. The molecular weight excluding hydrogens is 339 g/mol. The minimum Gasteiger partial charge on any atom is -0.442 e. The van der Waals surface area contributed by atoms with Gasteiger partial charge in [-0.15, -0.1) is 16.9 Å². The van der Waals surface area contributed by atoms with E-state index >= 15 is 0 Å². The smallest absolute Gasteiger partial charge is 0.414 e. The number of carbonyl (C=O) groups excluding carboxylic acids is 1. The van der Waals surface area contributed by atoms with Gasteiger partial charge in [0.15, 0.2) is 0 Å². The molecule has 1 amide bonds. The molecule has 6 nitrogen and oxygen atoms in total. The summed E-state index contributed by atoms with van der Waals surface area (Å²) < 4.78 is 21.5. The van der Waals surface area contributed by atoms with Gasteiger partial charge >= 0.3 is 6.09 Å². The summed E-state index contributed by atoms with van der Waals surface area (Å²) in [5.41, 5.74) is 0.809. The summed E-state index contributed by atoms with van der Waals surface area (Å²) >= 11 is 6.40. The van der Waals surface area contributed by atoms with E-state index in [1.807, 2.05) is 0 Å². The summed E-state index contributed by atoms with van der Waals surface area (Å²) in [5.74, 6) is -0.450. The van der Waals surface area contributed by atoms with Gasteiger partial charge in [-0.1, -0.05) is 17.4 Å². The summed E-state index contributed by atoms with van der Waals surface area (Å²) in [6.07, 6.45) is 4.17. The monoisotopic (exact) mass is 352 g/mol.